The molecule has 1 aliphatic rings. The van der Waals surface area contributed by atoms with E-state index in [1.807, 2.05) is 32.0 Å². The van der Waals surface area contributed by atoms with E-state index in [4.69, 9.17) is 9.47 Å². The molecule has 3 rings (SSSR count). The highest BCUT2D eigenvalue weighted by molar-refractivity contribution is 5.87. The fourth-order valence-electron chi connectivity index (χ4n) is 3.31. The first-order valence-corrected chi connectivity index (χ1v) is 10.5. The number of aryl methyl sites for hydroxylation is 1. The van der Waals surface area contributed by atoms with E-state index in [0.717, 1.165) is 11.1 Å². The maximum Gasteiger partial charge on any atom is 0.242 e. The third-order valence-corrected chi connectivity index (χ3v) is 5.18. The Balaban J connectivity index is 1.69. The second-order valence-electron chi connectivity index (χ2n) is 8.15. The van der Waals surface area contributed by atoms with Gasteiger partial charge in [0.1, 0.15) is 11.9 Å². The summed E-state index contributed by atoms with van der Waals surface area (Å²) >= 11 is 0. The van der Waals surface area contributed by atoms with Crippen LogP contribution in [-0.2, 0) is 22.6 Å². The molecule has 0 radical (unpaired) electrons. The summed E-state index contributed by atoms with van der Waals surface area (Å²) in [7, 11) is 0. The van der Waals surface area contributed by atoms with E-state index in [9.17, 15) is 14.0 Å². The van der Waals surface area contributed by atoms with E-state index >= 15 is 0 Å². The number of fused-ring (bicyclic) bond motifs is 1. The predicted molar refractivity (Wildman–Crippen MR) is 115 cm³/mol. The Morgan fingerprint density at radius 3 is 2.42 bits per heavy atom. The van der Waals surface area contributed by atoms with E-state index in [2.05, 4.69) is 5.32 Å². The summed E-state index contributed by atoms with van der Waals surface area (Å²) in [5, 5.41) is 2.89. The topological polar surface area (TPSA) is 67.9 Å². The van der Waals surface area contributed by atoms with Crippen molar-refractivity contribution in [3.8, 4) is 11.5 Å². The lowest BCUT2D eigenvalue weighted by atomic mass is 10.1. The average Bonchev–Trinajstić information content (AvgIpc) is 3.22. The Hall–Kier alpha value is -3.09. The molecule has 166 valence electrons. The van der Waals surface area contributed by atoms with Crippen molar-refractivity contribution in [2.45, 2.75) is 46.2 Å². The first-order valence-electron chi connectivity index (χ1n) is 10.5. The number of ether oxygens (including phenoxy) is 2. The summed E-state index contributed by atoms with van der Waals surface area (Å²) in [5.74, 6) is 0.995. The van der Waals surface area contributed by atoms with Crippen LogP contribution in [-0.4, -0.2) is 36.1 Å². The number of halogens is 1. The van der Waals surface area contributed by atoms with Gasteiger partial charge in [-0.05, 0) is 54.7 Å². The SMILES string of the molecule is CC(C)CNC(=O)[C@@H](C)N(Cc1ccc(F)cc1)C(=O)CCc1ccc2c(c1)OCO2. The molecule has 0 aromatic heterocycles. The van der Waals surface area contributed by atoms with Crippen molar-refractivity contribution in [2.75, 3.05) is 13.3 Å². The molecule has 2 amide bonds. The summed E-state index contributed by atoms with van der Waals surface area (Å²) in [6.45, 7) is 6.72. The molecule has 0 unspecified atom stereocenters. The Morgan fingerprint density at radius 1 is 1.03 bits per heavy atom. The second-order valence-corrected chi connectivity index (χ2v) is 8.15. The van der Waals surface area contributed by atoms with Crippen LogP contribution in [0.3, 0.4) is 0 Å². The van der Waals surface area contributed by atoms with Crippen LogP contribution < -0.4 is 14.8 Å². The van der Waals surface area contributed by atoms with Crippen LogP contribution in [0, 0.1) is 11.7 Å². The van der Waals surface area contributed by atoms with Crippen molar-refractivity contribution in [3.05, 3.63) is 59.4 Å². The van der Waals surface area contributed by atoms with Gasteiger partial charge in [-0.15, -0.1) is 0 Å². The van der Waals surface area contributed by atoms with E-state index in [1.165, 1.54) is 12.1 Å². The number of hydrogen-bond donors (Lipinski definition) is 1. The Bertz CT molecular complexity index is 914. The molecule has 1 N–H and O–H groups in total. The molecule has 0 saturated heterocycles. The highest BCUT2D eigenvalue weighted by Gasteiger charge is 2.26. The third kappa shape index (κ3) is 6.20. The Kier molecular flexibility index (Phi) is 7.50. The summed E-state index contributed by atoms with van der Waals surface area (Å²) in [5.41, 5.74) is 1.72. The number of benzene rings is 2. The van der Waals surface area contributed by atoms with Crippen molar-refractivity contribution >= 4 is 11.8 Å². The predicted octanol–water partition coefficient (Wildman–Crippen LogP) is 3.68. The number of carbonyl (C=O) groups is 2. The highest BCUT2D eigenvalue weighted by Crippen LogP contribution is 2.32. The zero-order chi connectivity index (χ0) is 22.4. The van der Waals surface area contributed by atoms with Crippen molar-refractivity contribution in [2.24, 2.45) is 5.92 Å². The summed E-state index contributed by atoms with van der Waals surface area (Å²) < 4.78 is 24.0. The molecule has 0 spiro atoms. The minimum atomic E-state index is -0.645. The van der Waals surface area contributed by atoms with Gasteiger partial charge in [0.25, 0.3) is 0 Å². The molecule has 0 saturated carbocycles. The van der Waals surface area contributed by atoms with Crippen molar-refractivity contribution in [1.29, 1.82) is 0 Å². The van der Waals surface area contributed by atoms with E-state index in [1.54, 1.807) is 24.0 Å². The zero-order valence-electron chi connectivity index (χ0n) is 18.2. The van der Waals surface area contributed by atoms with Crippen LogP contribution in [0.1, 0.15) is 38.3 Å². The number of hydrogen-bond acceptors (Lipinski definition) is 4. The number of amides is 2. The standard InChI is InChI=1S/C24H29FN2O4/c1-16(2)13-26-24(29)17(3)27(14-19-4-8-20(25)9-5-19)23(28)11-7-18-6-10-21-22(12-18)31-15-30-21/h4-6,8-10,12,16-17H,7,11,13-15H2,1-3H3,(H,26,29)/t17-/m1/s1. The van der Waals surface area contributed by atoms with Crippen LogP contribution in [0.2, 0.25) is 0 Å². The molecule has 1 aliphatic heterocycles. The minimum absolute atomic E-state index is 0.144. The molecule has 6 nitrogen and oxygen atoms in total. The molecule has 1 heterocycles. The lowest BCUT2D eigenvalue weighted by Crippen LogP contribution is -2.48. The molecular weight excluding hydrogens is 399 g/mol. The van der Waals surface area contributed by atoms with Crippen LogP contribution in [0.25, 0.3) is 0 Å². The molecule has 1 atom stereocenters. The van der Waals surface area contributed by atoms with E-state index < -0.39 is 6.04 Å². The van der Waals surface area contributed by atoms with Gasteiger partial charge in [-0.3, -0.25) is 9.59 Å². The number of nitrogens with one attached hydrogen (secondary N) is 1. The molecule has 2 aromatic carbocycles. The first-order chi connectivity index (χ1) is 14.8. The normalized spacial score (nSPS) is 13.2. The number of nitrogens with zero attached hydrogens (tertiary/aromatic N) is 1. The average molecular weight is 429 g/mol. The number of carbonyl (C=O) groups excluding carboxylic acids is 2. The maximum atomic E-state index is 13.3. The van der Waals surface area contributed by atoms with E-state index in [-0.39, 0.29) is 37.4 Å². The fourth-order valence-corrected chi connectivity index (χ4v) is 3.31. The molecule has 0 aliphatic carbocycles. The van der Waals surface area contributed by atoms with Gasteiger partial charge in [-0.25, -0.2) is 4.39 Å². The minimum Gasteiger partial charge on any atom is -0.454 e. The third-order valence-electron chi connectivity index (χ3n) is 5.18. The fraction of sp³-hybridized carbons (Fsp3) is 0.417. The highest BCUT2D eigenvalue weighted by atomic mass is 19.1. The van der Waals surface area contributed by atoms with Gasteiger partial charge in [0.05, 0.1) is 0 Å². The van der Waals surface area contributed by atoms with Crippen LogP contribution in [0.5, 0.6) is 11.5 Å². The molecule has 31 heavy (non-hydrogen) atoms. The second kappa shape index (κ2) is 10.3. The largest absolute Gasteiger partial charge is 0.454 e. The van der Waals surface area contributed by atoms with Gasteiger partial charge in [-0.2, -0.15) is 0 Å². The van der Waals surface area contributed by atoms with Crippen LogP contribution >= 0.6 is 0 Å². The molecule has 0 fully saturated rings. The van der Waals surface area contributed by atoms with Gasteiger partial charge in [0, 0.05) is 19.5 Å². The van der Waals surface area contributed by atoms with Crippen LogP contribution in [0.15, 0.2) is 42.5 Å². The van der Waals surface area contributed by atoms with Gasteiger partial charge in [-0.1, -0.05) is 32.0 Å². The molecule has 0 bridgehead atoms. The lowest BCUT2D eigenvalue weighted by Gasteiger charge is -2.29. The quantitative estimate of drug-likeness (QED) is 0.662. The molecule has 2 aromatic rings. The van der Waals surface area contributed by atoms with Gasteiger partial charge in [0.15, 0.2) is 11.5 Å². The van der Waals surface area contributed by atoms with Crippen molar-refractivity contribution in [1.82, 2.24) is 10.2 Å². The molecule has 7 heteroatoms. The Morgan fingerprint density at radius 2 is 1.71 bits per heavy atom. The summed E-state index contributed by atoms with van der Waals surface area (Å²) in [6, 6.07) is 10.9. The molecular formula is C24H29FN2O4. The van der Waals surface area contributed by atoms with Gasteiger partial charge < -0.3 is 19.7 Å². The summed E-state index contributed by atoms with van der Waals surface area (Å²) in [6.07, 6.45) is 0.748. The van der Waals surface area contributed by atoms with Crippen molar-refractivity contribution in [3.63, 3.8) is 0 Å². The van der Waals surface area contributed by atoms with Gasteiger partial charge >= 0.3 is 0 Å². The monoisotopic (exact) mass is 428 g/mol. The lowest BCUT2D eigenvalue weighted by molar-refractivity contribution is -0.140. The smallest absolute Gasteiger partial charge is 0.242 e. The summed E-state index contributed by atoms with van der Waals surface area (Å²) in [4.78, 5) is 27.3. The first kappa shape index (κ1) is 22.6. The van der Waals surface area contributed by atoms with E-state index in [0.29, 0.717) is 30.4 Å². The zero-order valence-corrected chi connectivity index (χ0v) is 18.2. The number of rotatable bonds is 9. The van der Waals surface area contributed by atoms with Crippen molar-refractivity contribution < 1.29 is 23.5 Å². The maximum absolute atomic E-state index is 13.3. The van der Waals surface area contributed by atoms with Gasteiger partial charge in [0.2, 0.25) is 18.6 Å². The van der Waals surface area contributed by atoms with Crippen LogP contribution in [0.4, 0.5) is 4.39 Å². The Labute approximate surface area is 182 Å².